The lowest BCUT2D eigenvalue weighted by Crippen LogP contribution is -2.08. The summed E-state index contributed by atoms with van der Waals surface area (Å²) in [7, 11) is 0. The van der Waals surface area contributed by atoms with Crippen LogP contribution in [0.1, 0.15) is 5.56 Å². The Morgan fingerprint density at radius 3 is 2.60 bits per heavy atom. The zero-order chi connectivity index (χ0) is 7.23. The molecule has 10 heavy (non-hydrogen) atoms. The Kier molecular flexibility index (Phi) is 2.49. The summed E-state index contributed by atoms with van der Waals surface area (Å²) in [6.07, 6.45) is 2.12. The second-order valence-electron chi connectivity index (χ2n) is 1.96. The molecule has 1 rings (SSSR count). The van der Waals surface area contributed by atoms with Crippen molar-refractivity contribution in [2.75, 3.05) is 0 Å². The van der Waals surface area contributed by atoms with Gasteiger partial charge in [-0.15, -0.1) is 0 Å². The zero-order valence-electron chi connectivity index (χ0n) is 5.59. The maximum atomic E-state index is 6.59. The fourth-order valence-electron chi connectivity index (χ4n) is 0.742. The van der Waals surface area contributed by atoms with Crippen molar-refractivity contribution in [2.45, 2.75) is 6.54 Å². The van der Waals surface area contributed by atoms with Gasteiger partial charge in [-0.1, -0.05) is 30.3 Å². The Morgan fingerprint density at radius 1 is 1.30 bits per heavy atom. The Balaban J connectivity index is 2.50. The van der Waals surface area contributed by atoms with E-state index in [2.05, 4.69) is 11.7 Å². The third-order valence-corrected chi connectivity index (χ3v) is 1.22. The lowest BCUT2D eigenvalue weighted by atomic mass is 10.2. The van der Waals surface area contributed by atoms with Crippen LogP contribution in [-0.2, 0) is 6.54 Å². The second-order valence-corrected chi connectivity index (χ2v) is 1.96. The standard InChI is InChI=1S/C8H9N2/c9-7-10-6-8-4-2-1-3-5-8/h1-5H,6H2,(H2,9,10). The fraction of sp³-hybridized carbons (Fsp3) is 0.125. The van der Waals surface area contributed by atoms with E-state index in [4.69, 9.17) is 5.41 Å². The highest BCUT2D eigenvalue weighted by atomic mass is 14.9. The largest absolute Gasteiger partial charge is 0.363 e. The van der Waals surface area contributed by atoms with Gasteiger partial charge in [0.15, 0.2) is 6.34 Å². The molecule has 0 bridgehead atoms. The molecule has 1 aromatic carbocycles. The van der Waals surface area contributed by atoms with Crippen molar-refractivity contribution in [3.05, 3.63) is 35.9 Å². The zero-order valence-corrected chi connectivity index (χ0v) is 5.59. The average molecular weight is 133 g/mol. The molecule has 2 nitrogen and oxygen atoms in total. The van der Waals surface area contributed by atoms with E-state index in [1.54, 1.807) is 0 Å². The molecule has 0 amide bonds. The molecule has 1 radical (unpaired) electrons. The third kappa shape index (κ3) is 1.90. The molecule has 1 aromatic rings. The van der Waals surface area contributed by atoms with Gasteiger partial charge < -0.3 is 5.32 Å². The Labute approximate surface area is 60.4 Å². The minimum atomic E-state index is 0.685. The number of rotatable bonds is 3. The van der Waals surface area contributed by atoms with Crippen LogP contribution in [0.2, 0.25) is 0 Å². The highest BCUT2D eigenvalue weighted by molar-refractivity contribution is 5.49. The summed E-state index contributed by atoms with van der Waals surface area (Å²) in [4.78, 5) is 0. The topological polar surface area (TPSA) is 35.9 Å². The predicted octanol–water partition coefficient (Wildman–Crippen LogP) is 1.26. The van der Waals surface area contributed by atoms with Gasteiger partial charge in [0.2, 0.25) is 0 Å². The third-order valence-electron chi connectivity index (χ3n) is 1.22. The molecule has 0 saturated heterocycles. The summed E-state index contributed by atoms with van der Waals surface area (Å²) in [6.45, 7) is 0.685. The van der Waals surface area contributed by atoms with Crippen LogP contribution in [0.3, 0.4) is 0 Å². The van der Waals surface area contributed by atoms with Crippen LogP contribution in [0.5, 0.6) is 0 Å². The van der Waals surface area contributed by atoms with Crippen molar-refractivity contribution in [3.63, 3.8) is 0 Å². The van der Waals surface area contributed by atoms with E-state index >= 15 is 0 Å². The van der Waals surface area contributed by atoms with E-state index in [1.807, 2.05) is 30.3 Å². The molecule has 2 N–H and O–H groups in total. The van der Waals surface area contributed by atoms with Crippen LogP contribution >= 0.6 is 0 Å². The summed E-state index contributed by atoms with van der Waals surface area (Å²) in [5, 5.41) is 9.27. The van der Waals surface area contributed by atoms with E-state index in [0.29, 0.717) is 6.54 Å². The summed E-state index contributed by atoms with van der Waals surface area (Å²) in [5.74, 6) is 0. The minimum absolute atomic E-state index is 0.685. The summed E-state index contributed by atoms with van der Waals surface area (Å²) >= 11 is 0. The van der Waals surface area contributed by atoms with Gasteiger partial charge in [0.25, 0.3) is 0 Å². The van der Waals surface area contributed by atoms with Crippen molar-refractivity contribution >= 4 is 6.34 Å². The molecular weight excluding hydrogens is 124 g/mol. The molecule has 0 saturated carbocycles. The van der Waals surface area contributed by atoms with E-state index in [0.717, 1.165) is 0 Å². The van der Waals surface area contributed by atoms with E-state index in [1.165, 1.54) is 5.56 Å². The van der Waals surface area contributed by atoms with Crippen molar-refractivity contribution in [3.8, 4) is 0 Å². The van der Waals surface area contributed by atoms with E-state index in [-0.39, 0.29) is 0 Å². The number of benzene rings is 1. The fourth-order valence-corrected chi connectivity index (χ4v) is 0.742. The smallest absolute Gasteiger partial charge is 0.161 e. The first-order valence-corrected chi connectivity index (χ1v) is 3.12. The summed E-state index contributed by atoms with van der Waals surface area (Å²) in [6, 6.07) is 9.92. The summed E-state index contributed by atoms with van der Waals surface area (Å²) < 4.78 is 0. The highest BCUT2D eigenvalue weighted by Gasteiger charge is 1.85. The molecule has 0 heterocycles. The molecule has 0 aliphatic carbocycles. The molecule has 51 valence electrons. The molecule has 0 aromatic heterocycles. The van der Waals surface area contributed by atoms with Crippen LogP contribution in [0, 0.1) is 5.41 Å². The normalized spacial score (nSPS) is 8.80. The molecule has 2 heteroatoms. The first-order chi connectivity index (χ1) is 4.93. The van der Waals surface area contributed by atoms with Gasteiger partial charge in [0.05, 0.1) is 0 Å². The van der Waals surface area contributed by atoms with E-state index < -0.39 is 0 Å². The lowest BCUT2D eigenvalue weighted by molar-refractivity contribution is 0.928. The van der Waals surface area contributed by atoms with Gasteiger partial charge in [0, 0.05) is 6.54 Å². The molecule has 0 aliphatic rings. The Hall–Kier alpha value is -1.31. The van der Waals surface area contributed by atoms with Gasteiger partial charge in [-0.3, -0.25) is 5.41 Å². The number of nitrogens with one attached hydrogen (secondary N) is 2. The highest BCUT2D eigenvalue weighted by Crippen LogP contribution is 1.95. The van der Waals surface area contributed by atoms with Crippen LogP contribution in [0.25, 0.3) is 0 Å². The predicted molar refractivity (Wildman–Crippen MR) is 41.0 cm³/mol. The molecular formula is C8H9N2. The minimum Gasteiger partial charge on any atom is -0.363 e. The van der Waals surface area contributed by atoms with Crippen molar-refractivity contribution in [2.24, 2.45) is 0 Å². The Bertz CT molecular complexity index is 194. The van der Waals surface area contributed by atoms with Gasteiger partial charge in [0.1, 0.15) is 0 Å². The van der Waals surface area contributed by atoms with Gasteiger partial charge in [-0.2, -0.15) is 0 Å². The quantitative estimate of drug-likeness (QED) is 0.363. The van der Waals surface area contributed by atoms with Gasteiger partial charge in [-0.05, 0) is 5.56 Å². The molecule has 0 fully saturated rings. The van der Waals surface area contributed by atoms with Crippen molar-refractivity contribution in [1.82, 2.24) is 5.32 Å². The Morgan fingerprint density at radius 2 is 2.00 bits per heavy atom. The van der Waals surface area contributed by atoms with Crippen molar-refractivity contribution < 1.29 is 0 Å². The second kappa shape index (κ2) is 3.67. The summed E-state index contributed by atoms with van der Waals surface area (Å²) in [5.41, 5.74) is 1.17. The first kappa shape index (κ1) is 6.81. The number of hydrogen-bond donors (Lipinski definition) is 2. The SMILES string of the molecule is N=[C]NCc1ccccc1. The average Bonchev–Trinajstić information content (AvgIpc) is 2.03. The molecule has 0 aliphatic heterocycles. The monoisotopic (exact) mass is 133 g/mol. The lowest BCUT2D eigenvalue weighted by Gasteiger charge is -1.96. The number of hydrogen-bond acceptors (Lipinski definition) is 1. The van der Waals surface area contributed by atoms with Gasteiger partial charge in [-0.25, -0.2) is 0 Å². The van der Waals surface area contributed by atoms with Gasteiger partial charge >= 0.3 is 0 Å². The van der Waals surface area contributed by atoms with E-state index in [9.17, 15) is 0 Å². The van der Waals surface area contributed by atoms with Crippen LogP contribution in [0.4, 0.5) is 0 Å². The molecule has 0 atom stereocenters. The van der Waals surface area contributed by atoms with Crippen LogP contribution < -0.4 is 5.32 Å². The first-order valence-electron chi connectivity index (χ1n) is 3.12. The van der Waals surface area contributed by atoms with Crippen LogP contribution in [0.15, 0.2) is 30.3 Å². The van der Waals surface area contributed by atoms with Crippen molar-refractivity contribution in [1.29, 1.82) is 5.41 Å². The molecule has 0 spiro atoms. The molecule has 0 unspecified atom stereocenters. The van der Waals surface area contributed by atoms with Crippen LogP contribution in [-0.4, -0.2) is 6.34 Å². The maximum Gasteiger partial charge on any atom is 0.161 e. The maximum absolute atomic E-state index is 6.59.